The molecular weight excluding hydrogens is 276 g/mol. The summed E-state index contributed by atoms with van der Waals surface area (Å²) in [6, 6.07) is 5.04. The zero-order valence-electron chi connectivity index (χ0n) is 11.8. The molecule has 5 nitrogen and oxygen atoms in total. The molecule has 0 aliphatic rings. The van der Waals surface area contributed by atoms with Crippen LogP contribution in [0.2, 0.25) is 0 Å². The summed E-state index contributed by atoms with van der Waals surface area (Å²) in [5.41, 5.74) is 7.16. The van der Waals surface area contributed by atoms with Crippen molar-refractivity contribution in [2.45, 2.75) is 18.2 Å². The Balaban J connectivity index is 2.58. The third-order valence-electron chi connectivity index (χ3n) is 3.48. The average Bonchev–Trinajstić information content (AvgIpc) is 2.65. The largest absolute Gasteiger partial charge is 0.369 e. The number of hydrogen-bond donors (Lipinski definition) is 1. The Labute approximate surface area is 118 Å². The molecule has 0 bridgehead atoms. The van der Waals surface area contributed by atoms with Gasteiger partial charge < -0.3 is 10.3 Å². The molecule has 1 atom stereocenters. The Kier molecular flexibility index (Phi) is 3.60. The van der Waals surface area contributed by atoms with Crippen molar-refractivity contribution in [1.82, 2.24) is 4.57 Å². The van der Waals surface area contributed by atoms with Crippen molar-refractivity contribution in [3.8, 4) is 0 Å². The zero-order chi connectivity index (χ0) is 15.1. The molecule has 1 aromatic carbocycles. The normalized spacial score (nSPS) is 13.6. The molecule has 0 saturated carbocycles. The van der Waals surface area contributed by atoms with Gasteiger partial charge in [-0.1, -0.05) is 6.92 Å². The van der Waals surface area contributed by atoms with Crippen molar-refractivity contribution < 1.29 is 13.2 Å². The van der Waals surface area contributed by atoms with E-state index in [1.807, 2.05) is 17.8 Å². The third-order valence-corrected chi connectivity index (χ3v) is 4.59. The van der Waals surface area contributed by atoms with E-state index in [0.717, 1.165) is 16.5 Å². The molecule has 108 valence electrons. The number of nitrogens with two attached hydrogens (primary N) is 1. The van der Waals surface area contributed by atoms with Crippen LogP contribution in [0.25, 0.3) is 10.9 Å². The van der Waals surface area contributed by atoms with Crippen LogP contribution in [0.3, 0.4) is 0 Å². The summed E-state index contributed by atoms with van der Waals surface area (Å²) in [7, 11) is -1.36. The molecule has 1 amide bonds. The Morgan fingerprint density at radius 3 is 2.60 bits per heavy atom. The maximum atomic E-state index is 11.6. The zero-order valence-corrected chi connectivity index (χ0v) is 12.6. The lowest BCUT2D eigenvalue weighted by Gasteiger charge is -2.06. The summed E-state index contributed by atoms with van der Waals surface area (Å²) in [6.45, 7) is 1.77. The fourth-order valence-electron chi connectivity index (χ4n) is 2.28. The highest BCUT2D eigenvalue weighted by Crippen LogP contribution is 2.26. The molecule has 0 fully saturated rings. The minimum atomic E-state index is -3.25. The van der Waals surface area contributed by atoms with Gasteiger partial charge in [0.1, 0.15) is 0 Å². The van der Waals surface area contributed by atoms with Crippen molar-refractivity contribution in [3.63, 3.8) is 0 Å². The number of carbonyl (C=O) groups is 1. The van der Waals surface area contributed by atoms with Gasteiger partial charge in [0.05, 0.1) is 4.90 Å². The van der Waals surface area contributed by atoms with Gasteiger partial charge in [-0.25, -0.2) is 8.42 Å². The van der Waals surface area contributed by atoms with Gasteiger partial charge in [-0.2, -0.15) is 0 Å². The minimum absolute atomic E-state index is 0.282. The molecule has 0 saturated heterocycles. The second-order valence-electron chi connectivity index (χ2n) is 5.22. The lowest BCUT2D eigenvalue weighted by Crippen LogP contribution is -2.22. The molecule has 6 heteroatoms. The highest BCUT2D eigenvalue weighted by atomic mass is 32.2. The van der Waals surface area contributed by atoms with E-state index in [4.69, 9.17) is 5.73 Å². The number of amides is 1. The fraction of sp³-hybridized carbons (Fsp3) is 0.357. The molecule has 0 aliphatic carbocycles. The van der Waals surface area contributed by atoms with Crippen LogP contribution >= 0.6 is 0 Å². The number of carbonyl (C=O) groups excluding carboxylic acids is 1. The molecule has 2 aromatic rings. The van der Waals surface area contributed by atoms with E-state index < -0.39 is 9.84 Å². The van der Waals surface area contributed by atoms with Crippen molar-refractivity contribution in [2.75, 3.05) is 6.26 Å². The number of nitrogens with zero attached hydrogens (tertiary/aromatic N) is 1. The molecule has 1 aromatic heterocycles. The number of rotatable bonds is 4. The molecular formula is C14H18N2O3S. The Hall–Kier alpha value is -1.82. The second-order valence-corrected chi connectivity index (χ2v) is 7.24. The molecule has 2 rings (SSSR count). The third kappa shape index (κ3) is 2.70. The summed E-state index contributed by atoms with van der Waals surface area (Å²) in [5, 5.41) is 0.850. The first-order valence-corrected chi connectivity index (χ1v) is 8.16. The van der Waals surface area contributed by atoms with Gasteiger partial charge in [0, 0.05) is 36.3 Å². The van der Waals surface area contributed by atoms with Crippen molar-refractivity contribution in [3.05, 3.63) is 30.0 Å². The molecule has 2 N–H and O–H groups in total. The van der Waals surface area contributed by atoms with Crippen LogP contribution in [0, 0.1) is 5.92 Å². The minimum Gasteiger partial charge on any atom is -0.369 e. The van der Waals surface area contributed by atoms with Crippen LogP contribution in [0.1, 0.15) is 12.5 Å². The first-order valence-electron chi connectivity index (χ1n) is 6.27. The molecule has 0 aliphatic heterocycles. The number of fused-ring (bicyclic) bond motifs is 1. The maximum Gasteiger partial charge on any atom is 0.220 e. The van der Waals surface area contributed by atoms with E-state index in [1.165, 1.54) is 6.26 Å². The van der Waals surface area contributed by atoms with Crippen LogP contribution in [0.4, 0.5) is 0 Å². The van der Waals surface area contributed by atoms with Gasteiger partial charge in [0.2, 0.25) is 5.91 Å². The highest BCUT2D eigenvalue weighted by Gasteiger charge is 2.16. The Morgan fingerprint density at radius 1 is 1.40 bits per heavy atom. The topological polar surface area (TPSA) is 82.2 Å². The summed E-state index contributed by atoms with van der Waals surface area (Å²) in [5.74, 6) is -0.649. The maximum absolute atomic E-state index is 11.6. The number of primary amides is 1. The summed E-state index contributed by atoms with van der Waals surface area (Å²) in [6.07, 6.45) is 3.60. The van der Waals surface area contributed by atoms with E-state index in [1.54, 1.807) is 25.1 Å². The van der Waals surface area contributed by atoms with Crippen molar-refractivity contribution in [1.29, 1.82) is 0 Å². The SMILES string of the molecule is CC(Cc1cn(C)c2ccc(S(C)(=O)=O)cc12)C(N)=O. The molecule has 0 spiro atoms. The number of hydrogen-bond acceptors (Lipinski definition) is 3. The number of aryl methyl sites for hydroxylation is 1. The predicted molar refractivity (Wildman–Crippen MR) is 78.1 cm³/mol. The smallest absolute Gasteiger partial charge is 0.220 e. The average molecular weight is 294 g/mol. The second kappa shape index (κ2) is 4.94. The lowest BCUT2D eigenvalue weighted by atomic mass is 10.0. The highest BCUT2D eigenvalue weighted by molar-refractivity contribution is 7.90. The van der Waals surface area contributed by atoms with Gasteiger partial charge in [0.25, 0.3) is 0 Å². The standard InChI is InChI=1S/C14H18N2O3S/c1-9(14(15)17)6-10-8-16(2)13-5-4-11(7-12(10)13)20(3,18)19/h4-5,7-9H,6H2,1-3H3,(H2,15,17). The lowest BCUT2D eigenvalue weighted by molar-refractivity contribution is -0.121. The number of sulfone groups is 1. The fourth-order valence-corrected chi connectivity index (χ4v) is 2.92. The predicted octanol–water partition coefficient (Wildman–Crippen LogP) is 1.25. The Morgan fingerprint density at radius 2 is 2.05 bits per heavy atom. The van der Waals surface area contributed by atoms with Gasteiger partial charge >= 0.3 is 0 Å². The van der Waals surface area contributed by atoms with E-state index in [-0.39, 0.29) is 16.7 Å². The van der Waals surface area contributed by atoms with E-state index >= 15 is 0 Å². The summed E-state index contributed by atoms with van der Waals surface area (Å²) >= 11 is 0. The monoisotopic (exact) mass is 294 g/mol. The van der Waals surface area contributed by atoms with Crippen LogP contribution < -0.4 is 5.73 Å². The molecule has 1 heterocycles. The summed E-state index contributed by atoms with van der Waals surface area (Å²) in [4.78, 5) is 11.5. The summed E-state index contributed by atoms with van der Waals surface area (Å²) < 4.78 is 25.2. The van der Waals surface area contributed by atoms with Gasteiger partial charge in [0.15, 0.2) is 9.84 Å². The van der Waals surface area contributed by atoms with Crippen LogP contribution in [0.15, 0.2) is 29.3 Å². The molecule has 20 heavy (non-hydrogen) atoms. The van der Waals surface area contributed by atoms with Crippen LogP contribution in [0.5, 0.6) is 0 Å². The van der Waals surface area contributed by atoms with Crippen molar-refractivity contribution in [2.24, 2.45) is 18.7 Å². The number of benzene rings is 1. The van der Waals surface area contributed by atoms with E-state index in [2.05, 4.69) is 0 Å². The first-order chi connectivity index (χ1) is 9.20. The van der Waals surface area contributed by atoms with Crippen LogP contribution in [-0.2, 0) is 28.1 Å². The van der Waals surface area contributed by atoms with E-state index in [9.17, 15) is 13.2 Å². The van der Waals surface area contributed by atoms with Crippen LogP contribution in [-0.4, -0.2) is 25.1 Å². The van der Waals surface area contributed by atoms with E-state index in [0.29, 0.717) is 6.42 Å². The van der Waals surface area contributed by atoms with Gasteiger partial charge in [-0.05, 0) is 30.2 Å². The van der Waals surface area contributed by atoms with Gasteiger partial charge in [-0.15, -0.1) is 0 Å². The van der Waals surface area contributed by atoms with Crippen molar-refractivity contribution >= 4 is 26.6 Å². The number of aromatic nitrogens is 1. The molecule has 1 unspecified atom stereocenters. The molecule has 0 radical (unpaired) electrons. The van der Waals surface area contributed by atoms with Gasteiger partial charge in [-0.3, -0.25) is 4.79 Å². The Bertz CT molecular complexity index is 775. The quantitative estimate of drug-likeness (QED) is 0.921. The first kappa shape index (κ1) is 14.6.